The molecular formula is C13H18N2O4S. The lowest BCUT2D eigenvalue weighted by Gasteiger charge is -2.07. The number of nitrogens with zero attached hydrogens (tertiary/aromatic N) is 1. The van der Waals surface area contributed by atoms with E-state index >= 15 is 0 Å². The molecule has 0 amide bonds. The Bertz CT molecular complexity index is 534. The van der Waals surface area contributed by atoms with Gasteiger partial charge in [0.05, 0.1) is 37.2 Å². The lowest BCUT2D eigenvalue weighted by atomic mass is 10.2. The molecule has 0 aliphatic heterocycles. The van der Waals surface area contributed by atoms with Crippen molar-refractivity contribution in [3.63, 3.8) is 0 Å². The summed E-state index contributed by atoms with van der Waals surface area (Å²) < 4.78 is 36.0. The van der Waals surface area contributed by atoms with Gasteiger partial charge in [0, 0.05) is 13.7 Å². The Morgan fingerprint density at radius 3 is 2.50 bits per heavy atom. The molecule has 0 radical (unpaired) electrons. The minimum atomic E-state index is -3.39. The van der Waals surface area contributed by atoms with Crippen LogP contribution in [0.1, 0.15) is 11.1 Å². The summed E-state index contributed by atoms with van der Waals surface area (Å²) in [4.78, 5) is 0. The molecule has 20 heavy (non-hydrogen) atoms. The van der Waals surface area contributed by atoms with Crippen molar-refractivity contribution < 1.29 is 17.9 Å². The molecule has 0 aliphatic carbocycles. The van der Waals surface area contributed by atoms with Gasteiger partial charge in [0.15, 0.2) is 0 Å². The van der Waals surface area contributed by atoms with Gasteiger partial charge in [-0.3, -0.25) is 0 Å². The molecule has 110 valence electrons. The van der Waals surface area contributed by atoms with Crippen molar-refractivity contribution in [3.8, 4) is 6.07 Å². The van der Waals surface area contributed by atoms with Crippen LogP contribution in [-0.4, -0.2) is 41.9 Å². The van der Waals surface area contributed by atoms with Crippen LogP contribution < -0.4 is 4.72 Å². The number of sulfonamides is 1. The van der Waals surface area contributed by atoms with Crippen LogP contribution >= 0.6 is 0 Å². The fourth-order valence-corrected chi connectivity index (χ4v) is 2.59. The molecule has 0 unspecified atom stereocenters. The second-order valence-electron chi connectivity index (χ2n) is 4.07. The molecule has 0 aromatic heterocycles. The summed E-state index contributed by atoms with van der Waals surface area (Å²) in [5, 5.41) is 8.66. The van der Waals surface area contributed by atoms with Gasteiger partial charge >= 0.3 is 0 Å². The van der Waals surface area contributed by atoms with Crippen molar-refractivity contribution in [2.45, 2.75) is 5.75 Å². The summed E-state index contributed by atoms with van der Waals surface area (Å²) >= 11 is 0. The third-order valence-electron chi connectivity index (χ3n) is 2.44. The minimum absolute atomic E-state index is 0.114. The zero-order chi connectivity index (χ0) is 14.8. The molecule has 0 fully saturated rings. The SMILES string of the molecule is COCCOCCNS(=O)(=O)Cc1ccc(C#N)cc1. The Morgan fingerprint density at radius 1 is 1.20 bits per heavy atom. The van der Waals surface area contributed by atoms with Crippen molar-refractivity contribution in [2.75, 3.05) is 33.5 Å². The van der Waals surface area contributed by atoms with Gasteiger partial charge < -0.3 is 9.47 Å². The molecule has 0 heterocycles. The summed E-state index contributed by atoms with van der Waals surface area (Å²) in [6.45, 7) is 1.45. The number of rotatable bonds is 9. The molecule has 1 N–H and O–H groups in total. The maximum Gasteiger partial charge on any atom is 0.215 e. The molecule has 1 rings (SSSR count). The first-order chi connectivity index (χ1) is 9.57. The zero-order valence-corrected chi connectivity index (χ0v) is 12.1. The van der Waals surface area contributed by atoms with Crippen molar-refractivity contribution in [1.82, 2.24) is 4.72 Å². The Balaban J connectivity index is 2.35. The molecule has 0 saturated carbocycles. The van der Waals surface area contributed by atoms with Gasteiger partial charge in [0.1, 0.15) is 0 Å². The molecule has 0 atom stereocenters. The van der Waals surface area contributed by atoms with E-state index in [9.17, 15) is 8.42 Å². The van der Waals surface area contributed by atoms with Gasteiger partial charge in [-0.1, -0.05) is 12.1 Å². The Kier molecular flexibility index (Phi) is 7.18. The number of hydrogen-bond donors (Lipinski definition) is 1. The van der Waals surface area contributed by atoms with Crippen LogP contribution in [0.2, 0.25) is 0 Å². The highest BCUT2D eigenvalue weighted by Crippen LogP contribution is 2.06. The Labute approximate surface area is 119 Å². The topological polar surface area (TPSA) is 88.4 Å². The largest absolute Gasteiger partial charge is 0.382 e. The summed E-state index contributed by atoms with van der Waals surface area (Å²) in [7, 11) is -1.82. The predicted molar refractivity (Wildman–Crippen MR) is 74.5 cm³/mol. The molecule has 0 spiro atoms. The summed E-state index contributed by atoms with van der Waals surface area (Å²) in [5.41, 5.74) is 1.14. The van der Waals surface area contributed by atoms with Crippen molar-refractivity contribution in [3.05, 3.63) is 35.4 Å². The zero-order valence-electron chi connectivity index (χ0n) is 11.3. The van der Waals surface area contributed by atoms with Crippen LogP contribution in [0.25, 0.3) is 0 Å². The van der Waals surface area contributed by atoms with Gasteiger partial charge in [-0.2, -0.15) is 5.26 Å². The van der Waals surface area contributed by atoms with Crippen molar-refractivity contribution >= 4 is 10.0 Å². The van der Waals surface area contributed by atoms with Gasteiger partial charge in [-0.25, -0.2) is 13.1 Å². The van der Waals surface area contributed by atoms with Crippen LogP contribution in [0, 0.1) is 11.3 Å². The molecule has 1 aromatic carbocycles. The standard InChI is InChI=1S/C13H18N2O4S/c1-18-8-9-19-7-6-15-20(16,17)11-13-4-2-12(10-14)3-5-13/h2-5,15H,6-9,11H2,1H3. The van der Waals surface area contributed by atoms with E-state index in [0.717, 1.165) is 0 Å². The fourth-order valence-electron chi connectivity index (χ4n) is 1.46. The van der Waals surface area contributed by atoms with Gasteiger partial charge in [0.2, 0.25) is 10.0 Å². The number of ether oxygens (including phenoxy) is 2. The molecule has 0 saturated heterocycles. The number of methoxy groups -OCH3 is 1. The van der Waals surface area contributed by atoms with E-state index in [-0.39, 0.29) is 12.3 Å². The van der Waals surface area contributed by atoms with Crippen LogP contribution in [0.15, 0.2) is 24.3 Å². The number of nitriles is 1. The molecule has 7 heteroatoms. The number of benzene rings is 1. The molecule has 0 bridgehead atoms. The summed E-state index contributed by atoms with van der Waals surface area (Å²) in [6.07, 6.45) is 0. The smallest absolute Gasteiger partial charge is 0.215 e. The maximum atomic E-state index is 11.8. The summed E-state index contributed by atoms with van der Waals surface area (Å²) in [6, 6.07) is 8.44. The van der Waals surface area contributed by atoms with Crippen molar-refractivity contribution in [1.29, 1.82) is 5.26 Å². The van der Waals surface area contributed by atoms with E-state index in [1.165, 1.54) is 0 Å². The van der Waals surface area contributed by atoms with Crippen LogP contribution in [-0.2, 0) is 25.2 Å². The van der Waals surface area contributed by atoms with Crippen LogP contribution in [0.3, 0.4) is 0 Å². The van der Waals surface area contributed by atoms with E-state index in [2.05, 4.69) is 4.72 Å². The van der Waals surface area contributed by atoms with Crippen LogP contribution in [0.5, 0.6) is 0 Å². The Hall–Kier alpha value is -1.46. The first-order valence-electron chi connectivity index (χ1n) is 6.10. The van der Waals surface area contributed by atoms with Gasteiger partial charge in [-0.15, -0.1) is 0 Å². The molecule has 6 nitrogen and oxygen atoms in total. The normalized spacial score (nSPS) is 11.2. The third-order valence-corrected chi connectivity index (χ3v) is 3.80. The molecule has 0 aliphatic rings. The second kappa shape index (κ2) is 8.66. The first kappa shape index (κ1) is 16.6. The average molecular weight is 298 g/mol. The van der Waals surface area contributed by atoms with Crippen LogP contribution in [0.4, 0.5) is 0 Å². The highest BCUT2D eigenvalue weighted by atomic mass is 32.2. The predicted octanol–water partition coefficient (Wildman–Crippen LogP) is 0.641. The van der Waals surface area contributed by atoms with Gasteiger partial charge in [0.25, 0.3) is 0 Å². The quantitative estimate of drug-likeness (QED) is 0.676. The van der Waals surface area contributed by atoms with E-state index in [4.69, 9.17) is 14.7 Å². The highest BCUT2D eigenvalue weighted by molar-refractivity contribution is 7.88. The average Bonchev–Trinajstić information content (AvgIpc) is 2.43. The minimum Gasteiger partial charge on any atom is -0.382 e. The molecular weight excluding hydrogens is 280 g/mol. The van der Waals surface area contributed by atoms with E-state index < -0.39 is 10.0 Å². The summed E-state index contributed by atoms with van der Waals surface area (Å²) in [5.74, 6) is -0.114. The Morgan fingerprint density at radius 2 is 1.90 bits per heavy atom. The van der Waals surface area contributed by atoms with E-state index in [0.29, 0.717) is 30.9 Å². The third kappa shape index (κ3) is 6.63. The lowest BCUT2D eigenvalue weighted by Crippen LogP contribution is -2.29. The second-order valence-corrected chi connectivity index (χ2v) is 5.87. The van der Waals surface area contributed by atoms with E-state index in [1.807, 2.05) is 6.07 Å². The fraction of sp³-hybridized carbons (Fsp3) is 0.462. The van der Waals surface area contributed by atoms with Crippen molar-refractivity contribution in [2.24, 2.45) is 0 Å². The monoisotopic (exact) mass is 298 g/mol. The highest BCUT2D eigenvalue weighted by Gasteiger charge is 2.10. The number of nitrogens with one attached hydrogen (secondary N) is 1. The maximum absolute atomic E-state index is 11.8. The van der Waals surface area contributed by atoms with Gasteiger partial charge in [-0.05, 0) is 17.7 Å². The number of hydrogen-bond acceptors (Lipinski definition) is 5. The first-order valence-corrected chi connectivity index (χ1v) is 7.75. The lowest BCUT2D eigenvalue weighted by molar-refractivity contribution is 0.0736. The van der Waals surface area contributed by atoms with E-state index in [1.54, 1.807) is 31.4 Å². The molecule has 1 aromatic rings.